The molecular formula is C25H19ClN2O3S2. The first kappa shape index (κ1) is 23.0. The minimum Gasteiger partial charge on any atom is -0.457 e. The second-order valence-electron chi connectivity index (χ2n) is 7.13. The van der Waals surface area contributed by atoms with Crippen molar-refractivity contribution in [1.82, 2.24) is 4.90 Å². The van der Waals surface area contributed by atoms with Crippen LogP contribution in [0, 0.1) is 0 Å². The maximum Gasteiger partial charge on any atom is 0.266 e. The molecule has 0 spiro atoms. The summed E-state index contributed by atoms with van der Waals surface area (Å²) in [6, 6.07) is 23.8. The van der Waals surface area contributed by atoms with Gasteiger partial charge in [-0.25, -0.2) is 0 Å². The SMILES string of the molecule is O=C(CCN1C(=O)/C(=C/c2cccc(Oc3ccccc3)c2)SC1=S)Nc1ccc(Cl)cc1. The zero-order valence-electron chi connectivity index (χ0n) is 17.4. The Hall–Kier alpha value is -3.13. The van der Waals surface area contributed by atoms with Gasteiger partial charge in [-0.15, -0.1) is 0 Å². The summed E-state index contributed by atoms with van der Waals surface area (Å²) in [5.74, 6) is 0.988. The Morgan fingerprint density at radius 1 is 1.03 bits per heavy atom. The highest BCUT2D eigenvalue weighted by Gasteiger charge is 2.32. The van der Waals surface area contributed by atoms with E-state index in [9.17, 15) is 9.59 Å². The molecule has 0 radical (unpaired) electrons. The normalized spacial score (nSPS) is 14.6. The second kappa shape index (κ2) is 10.7. The molecule has 1 N–H and O–H groups in total. The van der Waals surface area contributed by atoms with E-state index in [0.717, 1.165) is 11.3 Å². The van der Waals surface area contributed by atoms with Crippen molar-refractivity contribution in [3.05, 3.63) is 94.4 Å². The topological polar surface area (TPSA) is 58.6 Å². The van der Waals surface area contributed by atoms with Crippen molar-refractivity contribution >= 4 is 63.5 Å². The predicted molar refractivity (Wildman–Crippen MR) is 138 cm³/mol. The molecule has 0 unspecified atom stereocenters. The molecule has 166 valence electrons. The van der Waals surface area contributed by atoms with Gasteiger partial charge in [0.05, 0.1) is 4.91 Å². The number of nitrogens with zero attached hydrogens (tertiary/aromatic N) is 1. The number of nitrogens with one attached hydrogen (secondary N) is 1. The first-order chi connectivity index (χ1) is 16.0. The number of amides is 2. The molecule has 3 aromatic carbocycles. The summed E-state index contributed by atoms with van der Waals surface area (Å²) in [5.41, 5.74) is 1.47. The van der Waals surface area contributed by atoms with E-state index in [1.165, 1.54) is 16.7 Å². The van der Waals surface area contributed by atoms with Gasteiger partial charge in [0.15, 0.2) is 0 Å². The highest BCUT2D eigenvalue weighted by molar-refractivity contribution is 8.26. The Kier molecular flexibility index (Phi) is 7.44. The number of carbonyl (C=O) groups is 2. The summed E-state index contributed by atoms with van der Waals surface area (Å²) in [6.07, 6.45) is 1.91. The number of ether oxygens (including phenoxy) is 1. The van der Waals surface area contributed by atoms with E-state index in [0.29, 0.717) is 25.7 Å². The van der Waals surface area contributed by atoms with Crippen molar-refractivity contribution in [2.45, 2.75) is 6.42 Å². The fourth-order valence-electron chi connectivity index (χ4n) is 3.11. The molecule has 0 saturated carbocycles. The van der Waals surface area contributed by atoms with Crippen LogP contribution in [0.25, 0.3) is 6.08 Å². The van der Waals surface area contributed by atoms with E-state index < -0.39 is 0 Å². The van der Waals surface area contributed by atoms with Gasteiger partial charge in [0.1, 0.15) is 15.8 Å². The van der Waals surface area contributed by atoms with Crippen LogP contribution in [0.5, 0.6) is 11.5 Å². The van der Waals surface area contributed by atoms with E-state index in [1.54, 1.807) is 30.3 Å². The molecule has 4 rings (SSSR count). The van der Waals surface area contributed by atoms with Crippen LogP contribution in [0.15, 0.2) is 83.8 Å². The molecule has 33 heavy (non-hydrogen) atoms. The van der Waals surface area contributed by atoms with Crippen molar-refractivity contribution in [2.24, 2.45) is 0 Å². The maximum atomic E-state index is 12.9. The van der Waals surface area contributed by atoms with Gasteiger partial charge in [-0.05, 0) is 60.2 Å². The molecule has 0 aliphatic carbocycles. The monoisotopic (exact) mass is 494 g/mol. The predicted octanol–water partition coefficient (Wildman–Crippen LogP) is 6.36. The number of anilines is 1. The molecule has 1 aliphatic rings. The highest BCUT2D eigenvalue weighted by Crippen LogP contribution is 2.33. The van der Waals surface area contributed by atoms with E-state index in [4.69, 9.17) is 28.6 Å². The van der Waals surface area contributed by atoms with Crippen LogP contribution >= 0.6 is 35.6 Å². The molecule has 5 nitrogen and oxygen atoms in total. The standard InChI is InChI=1S/C25H19ClN2O3S2/c26-18-9-11-19(12-10-18)27-23(29)13-14-28-24(30)22(33-25(28)32)16-17-5-4-8-21(15-17)31-20-6-2-1-3-7-20/h1-12,15-16H,13-14H2,(H,27,29)/b22-16-. The van der Waals surface area contributed by atoms with Gasteiger partial charge >= 0.3 is 0 Å². The van der Waals surface area contributed by atoms with Gasteiger partial charge < -0.3 is 10.1 Å². The summed E-state index contributed by atoms with van der Waals surface area (Å²) >= 11 is 12.5. The highest BCUT2D eigenvalue weighted by atomic mass is 35.5. The molecule has 2 amide bonds. The third-order valence-corrected chi connectivity index (χ3v) is 6.33. The van der Waals surface area contributed by atoms with Crippen molar-refractivity contribution in [3.63, 3.8) is 0 Å². The van der Waals surface area contributed by atoms with Gasteiger partial charge in [-0.1, -0.05) is 65.9 Å². The van der Waals surface area contributed by atoms with Crippen LogP contribution in [0.4, 0.5) is 5.69 Å². The average Bonchev–Trinajstić information content (AvgIpc) is 3.07. The van der Waals surface area contributed by atoms with Crippen LogP contribution in [0.2, 0.25) is 5.02 Å². The smallest absolute Gasteiger partial charge is 0.266 e. The number of hydrogen-bond donors (Lipinski definition) is 1. The van der Waals surface area contributed by atoms with E-state index >= 15 is 0 Å². The van der Waals surface area contributed by atoms with Gasteiger partial charge in [-0.2, -0.15) is 0 Å². The zero-order valence-corrected chi connectivity index (χ0v) is 19.8. The summed E-state index contributed by atoms with van der Waals surface area (Å²) < 4.78 is 6.30. The fourth-order valence-corrected chi connectivity index (χ4v) is 4.54. The molecule has 1 heterocycles. The van der Waals surface area contributed by atoms with Crippen LogP contribution < -0.4 is 10.1 Å². The number of hydrogen-bond acceptors (Lipinski definition) is 5. The van der Waals surface area contributed by atoms with E-state index in [-0.39, 0.29) is 24.8 Å². The van der Waals surface area contributed by atoms with Gasteiger partial charge in [0, 0.05) is 23.7 Å². The lowest BCUT2D eigenvalue weighted by Crippen LogP contribution is -2.31. The van der Waals surface area contributed by atoms with Crippen LogP contribution in [-0.4, -0.2) is 27.6 Å². The largest absolute Gasteiger partial charge is 0.457 e. The lowest BCUT2D eigenvalue weighted by atomic mass is 10.2. The summed E-state index contributed by atoms with van der Waals surface area (Å²) in [7, 11) is 0. The van der Waals surface area contributed by atoms with Gasteiger partial charge in [0.25, 0.3) is 5.91 Å². The summed E-state index contributed by atoms with van der Waals surface area (Å²) in [4.78, 5) is 27.1. The third kappa shape index (κ3) is 6.22. The lowest BCUT2D eigenvalue weighted by Gasteiger charge is -2.14. The third-order valence-electron chi connectivity index (χ3n) is 4.70. The Bertz CT molecular complexity index is 1210. The number of thioether (sulfide) groups is 1. The van der Waals surface area contributed by atoms with Crippen molar-refractivity contribution in [1.29, 1.82) is 0 Å². The minimum atomic E-state index is -0.210. The molecule has 1 aliphatic heterocycles. The van der Waals surface area contributed by atoms with E-state index in [2.05, 4.69) is 5.32 Å². The molecule has 1 fully saturated rings. The first-order valence-corrected chi connectivity index (χ1v) is 11.7. The molecule has 3 aromatic rings. The number of carbonyl (C=O) groups excluding carboxylic acids is 2. The number of thiocarbonyl (C=S) groups is 1. The minimum absolute atomic E-state index is 0.128. The first-order valence-electron chi connectivity index (χ1n) is 10.1. The molecule has 8 heteroatoms. The number of para-hydroxylation sites is 1. The maximum absolute atomic E-state index is 12.9. The zero-order chi connectivity index (χ0) is 23.2. The van der Waals surface area contributed by atoms with Crippen LogP contribution in [-0.2, 0) is 9.59 Å². The van der Waals surface area contributed by atoms with Crippen molar-refractivity contribution in [2.75, 3.05) is 11.9 Å². The fraction of sp³-hybridized carbons (Fsp3) is 0.0800. The van der Waals surface area contributed by atoms with Gasteiger partial charge in [-0.3, -0.25) is 14.5 Å². The molecule has 0 bridgehead atoms. The van der Waals surface area contributed by atoms with Gasteiger partial charge in [0.2, 0.25) is 5.91 Å². The molecule has 0 aromatic heterocycles. The molecular weight excluding hydrogens is 476 g/mol. The number of rotatable bonds is 7. The Balaban J connectivity index is 1.38. The Labute approximate surface area is 206 Å². The number of halogens is 1. The van der Waals surface area contributed by atoms with Crippen LogP contribution in [0.1, 0.15) is 12.0 Å². The second-order valence-corrected chi connectivity index (χ2v) is 9.24. The molecule has 0 atom stereocenters. The summed E-state index contributed by atoms with van der Waals surface area (Å²) in [5, 5.41) is 3.38. The average molecular weight is 495 g/mol. The lowest BCUT2D eigenvalue weighted by molar-refractivity contribution is -0.122. The van der Waals surface area contributed by atoms with E-state index in [1.807, 2.05) is 54.6 Å². The van der Waals surface area contributed by atoms with Crippen molar-refractivity contribution in [3.8, 4) is 11.5 Å². The van der Waals surface area contributed by atoms with Crippen LogP contribution in [0.3, 0.4) is 0 Å². The summed E-state index contributed by atoms with van der Waals surface area (Å²) in [6.45, 7) is 0.207. The molecule has 1 saturated heterocycles. The Morgan fingerprint density at radius 3 is 2.52 bits per heavy atom. The van der Waals surface area contributed by atoms with Crippen molar-refractivity contribution < 1.29 is 14.3 Å². The number of benzene rings is 3. The quantitative estimate of drug-likeness (QED) is 0.306. The Morgan fingerprint density at radius 2 is 1.76 bits per heavy atom.